The fourth-order valence-corrected chi connectivity index (χ4v) is 1.68. The lowest BCUT2D eigenvalue weighted by molar-refractivity contribution is 0.195. The summed E-state index contributed by atoms with van der Waals surface area (Å²) in [5.41, 5.74) is 0.391. The van der Waals surface area contributed by atoms with Crippen molar-refractivity contribution in [3.63, 3.8) is 0 Å². The van der Waals surface area contributed by atoms with Crippen molar-refractivity contribution in [2.45, 2.75) is 13.3 Å². The van der Waals surface area contributed by atoms with Crippen LogP contribution in [-0.4, -0.2) is 42.3 Å². The number of anilines is 1. The van der Waals surface area contributed by atoms with Crippen molar-refractivity contribution in [2.24, 2.45) is 0 Å². The number of aliphatic hydroxyl groups is 1. The molecule has 6 heteroatoms. The van der Waals surface area contributed by atoms with E-state index in [-0.39, 0.29) is 18.9 Å². The van der Waals surface area contributed by atoms with Crippen LogP contribution < -0.4 is 10.1 Å². The number of carbonyl (C=O) groups is 1. The van der Waals surface area contributed by atoms with Gasteiger partial charge in [-0.1, -0.05) is 13.0 Å². The van der Waals surface area contributed by atoms with Crippen LogP contribution in [0.25, 0.3) is 0 Å². The first kappa shape index (κ1) is 17.0. The molecule has 1 rings (SSSR count). The number of carbonyl (C=O) groups excluding carboxylic acids is 1. The number of hydrogen-bond donors (Lipinski definition) is 2. The van der Waals surface area contributed by atoms with Crippen molar-refractivity contribution in [3.05, 3.63) is 36.7 Å². The molecular weight excluding hydrogens is 275 g/mol. The zero-order chi connectivity index (χ0) is 15.7. The van der Waals surface area contributed by atoms with Crippen LogP contribution in [0.5, 0.6) is 5.75 Å². The van der Waals surface area contributed by atoms with E-state index >= 15 is 0 Å². The number of halogens is 1. The first-order chi connectivity index (χ1) is 10.1. The van der Waals surface area contributed by atoms with Gasteiger partial charge in [-0.25, -0.2) is 9.18 Å². The van der Waals surface area contributed by atoms with E-state index in [4.69, 9.17) is 9.84 Å². The third kappa shape index (κ3) is 5.43. The Morgan fingerprint density at radius 3 is 2.95 bits per heavy atom. The minimum absolute atomic E-state index is 0.149. The Morgan fingerprint density at radius 2 is 2.33 bits per heavy atom. The van der Waals surface area contributed by atoms with Gasteiger partial charge >= 0.3 is 6.03 Å². The van der Waals surface area contributed by atoms with Crippen molar-refractivity contribution in [2.75, 3.05) is 31.6 Å². The summed E-state index contributed by atoms with van der Waals surface area (Å²) < 4.78 is 18.7. The highest BCUT2D eigenvalue weighted by atomic mass is 19.1. The summed E-state index contributed by atoms with van der Waals surface area (Å²) in [5.74, 6) is -0.148. The molecule has 0 aliphatic rings. The van der Waals surface area contributed by atoms with E-state index in [1.54, 1.807) is 6.08 Å². The van der Waals surface area contributed by atoms with Crippen LogP contribution >= 0.6 is 0 Å². The van der Waals surface area contributed by atoms with E-state index < -0.39 is 11.8 Å². The molecule has 21 heavy (non-hydrogen) atoms. The zero-order valence-corrected chi connectivity index (χ0v) is 12.1. The second-order valence-electron chi connectivity index (χ2n) is 4.38. The summed E-state index contributed by atoms with van der Waals surface area (Å²) in [4.78, 5) is 13.5. The fourth-order valence-electron chi connectivity index (χ4n) is 1.68. The number of hydrogen-bond acceptors (Lipinski definition) is 3. The minimum atomic E-state index is -0.433. The molecule has 0 atom stereocenters. The van der Waals surface area contributed by atoms with E-state index in [1.807, 2.05) is 6.92 Å². The smallest absolute Gasteiger partial charge is 0.322 e. The predicted molar refractivity (Wildman–Crippen MR) is 80.1 cm³/mol. The highest BCUT2D eigenvalue weighted by Gasteiger charge is 2.14. The standard InChI is InChI=1S/C15H21FN2O3/c1-3-7-18(8-9-19)15(20)17-13-6-5-12(16)11-14(13)21-10-4-2/h3,5-6,11,19H,1,4,7-10H2,2H3,(H,17,20). The summed E-state index contributed by atoms with van der Waals surface area (Å²) in [6, 6.07) is 3.52. The van der Waals surface area contributed by atoms with E-state index in [0.717, 1.165) is 6.42 Å². The molecule has 0 saturated heterocycles. The summed E-state index contributed by atoms with van der Waals surface area (Å²) >= 11 is 0. The third-order valence-corrected chi connectivity index (χ3v) is 2.65. The van der Waals surface area contributed by atoms with Gasteiger partial charge in [-0.3, -0.25) is 0 Å². The molecule has 0 unspecified atom stereocenters. The molecule has 0 aliphatic carbocycles. The summed E-state index contributed by atoms with van der Waals surface area (Å²) in [6.07, 6.45) is 2.34. The Bertz CT molecular complexity index is 480. The normalized spacial score (nSPS) is 10.0. The van der Waals surface area contributed by atoms with Gasteiger partial charge in [0.05, 0.1) is 18.9 Å². The Hall–Kier alpha value is -2.08. The lowest BCUT2D eigenvalue weighted by Gasteiger charge is -2.21. The van der Waals surface area contributed by atoms with Crippen molar-refractivity contribution < 1.29 is 19.0 Å². The SMILES string of the molecule is C=CCN(CCO)C(=O)Nc1ccc(F)cc1OCCC. The number of nitrogens with one attached hydrogen (secondary N) is 1. The molecule has 0 aromatic heterocycles. The molecule has 2 amide bonds. The van der Waals surface area contributed by atoms with Crippen molar-refractivity contribution in [1.82, 2.24) is 4.90 Å². The first-order valence-corrected chi connectivity index (χ1v) is 6.82. The number of rotatable bonds is 8. The minimum Gasteiger partial charge on any atom is -0.491 e. The number of aliphatic hydroxyl groups excluding tert-OH is 1. The summed E-state index contributed by atoms with van der Waals surface area (Å²) in [5, 5.41) is 11.6. The second-order valence-corrected chi connectivity index (χ2v) is 4.38. The van der Waals surface area contributed by atoms with E-state index in [1.165, 1.54) is 23.1 Å². The molecule has 0 saturated carbocycles. The molecule has 0 heterocycles. The average Bonchev–Trinajstić information content (AvgIpc) is 2.47. The van der Waals surface area contributed by atoms with E-state index in [2.05, 4.69) is 11.9 Å². The van der Waals surface area contributed by atoms with Gasteiger partial charge < -0.3 is 20.1 Å². The maximum Gasteiger partial charge on any atom is 0.322 e. The van der Waals surface area contributed by atoms with Crippen LogP contribution in [0.1, 0.15) is 13.3 Å². The largest absolute Gasteiger partial charge is 0.491 e. The van der Waals surface area contributed by atoms with Crippen LogP contribution in [0.15, 0.2) is 30.9 Å². The number of amides is 2. The number of benzene rings is 1. The monoisotopic (exact) mass is 296 g/mol. The molecule has 0 radical (unpaired) electrons. The second kappa shape index (κ2) is 8.97. The highest BCUT2D eigenvalue weighted by Crippen LogP contribution is 2.26. The third-order valence-electron chi connectivity index (χ3n) is 2.65. The van der Waals surface area contributed by atoms with Crippen LogP contribution in [0.4, 0.5) is 14.9 Å². The molecule has 5 nitrogen and oxygen atoms in total. The highest BCUT2D eigenvalue weighted by molar-refractivity contribution is 5.91. The molecule has 0 fully saturated rings. The lowest BCUT2D eigenvalue weighted by atomic mass is 10.3. The van der Waals surface area contributed by atoms with Crippen molar-refractivity contribution in [3.8, 4) is 5.75 Å². The number of ether oxygens (including phenoxy) is 1. The Labute approximate surface area is 124 Å². The summed E-state index contributed by atoms with van der Waals surface area (Å²) in [7, 11) is 0. The molecule has 0 aliphatic heterocycles. The zero-order valence-electron chi connectivity index (χ0n) is 12.1. The first-order valence-electron chi connectivity index (χ1n) is 6.82. The van der Waals surface area contributed by atoms with Crippen LogP contribution in [0.3, 0.4) is 0 Å². The van der Waals surface area contributed by atoms with E-state index in [9.17, 15) is 9.18 Å². The molecule has 1 aromatic rings. The van der Waals surface area contributed by atoms with Crippen molar-refractivity contribution in [1.29, 1.82) is 0 Å². The van der Waals surface area contributed by atoms with Gasteiger partial charge in [-0.05, 0) is 18.6 Å². The van der Waals surface area contributed by atoms with Gasteiger partial charge in [-0.15, -0.1) is 6.58 Å². The molecule has 116 valence electrons. The Kier molecular flexibility index (Phi) is 7.25. The topological polar surface area (TPSA) is 61.8 Å². The van der Waals surface area contributed by atoms with Crippen LogP contribution in [0, 0.1) is 5.82 Å². The molecule has 0 bridgehead atoms. The van der Waals surface area contributed by atoms with Crippen LogP contribution in [0.2, 0.25) is 0 Å². The van der Waals surface area contributed by atoms with Gasteiger partial charge in [0, 0.05) is 19.2 Å². The lowest BCUT2D eigenvalue weighted by Crippen LogP contribution is -2.37. The van der Waals surface area contributed by atoms with Gasteiger partial charge in [0.25, 0.3) is 0 Å². The fraction of sp³-hybridized carbons (Fsp3) is 0.400. The van der Waals surface area contributed by atoms with Gasteiger partial charge in [0.1, 0.15) is 11.6 Å². The Balaban J connectivity index is 2.84. The Morgan fingerprint density at radius 1 is 1.57 bits per heavy atom. The quantitative estimate of drug-likeness (QED) is 0.725. The van der Waals surface area contributed by atoms with Gasteiger partial charge in [0.15, 0.2) is 0 Å². The van der Waals surface area contributed by atoms with E-state index in [0.29, 0.717) is 18.8 Å². The van der Waals surface area contributed by atoms with Gasteiger partial charge in [0.2, 0.25) is 0 Å². The van der Waals surface area contributed by atoms with Gasteiger partial charge in [-0.2, -0.15) is 0 Å². The molecular formula is C15H21FN2O3. The summed E-state index contributed by atoms with van der Waals surface area (Å²) in [6.45, 7) is 6.27. The molecule has 0 spiro atoms. The van der Waals surface area contributed by atoms with Crippen molar-refractivity contribution >= 4 is 11.7 Å². The molecule has 2 N–H and O–H groups in total. The predicted octanol–water partition coefficient (Wildman–Crippen LogP) is 2.63. The number of nitrogens with zero attached hydrogens (tertiary/aromatic N) is 1. The molecule has 1 aromatic carbocycles. The maximum atomic E-state index is 13.3. The number of urea groups is 1. The maximum absolute atomic E-state index is 13.3. The average molecular weight is 296 g/mol. The van der Waals surface area contributed by atoms with Crippen LogP contribution in [-0.2, 0) is 0 Å².